The summed E-state index contributed by atoms with van der Waals surface area (Å²) in [7, 11) is -6.47. The summed E-state index contributed by atoms with van der Waals surface area (Å²) in [6.45, 7) is 5.40. The van der Waals surface area contributed by atoms with Crippen molar-refractivity contribution in [3.8, 4) is 0 Å². The molecule has 0 fully saturated rings. The predicted molar refractivity (Wildman–Crippen MR) is 94.2 cm³/mol. The molecule has 0 aliphatic carbocycles. The molecule has 0 aliphatic rings. The van der Waals surface area contributed by atoms with Gasteiger partial charge in [-0.1, -0.05) is 6.58 Å². The number of nitrogens with one attached hydrogen (secondary N) is 1. The van der Waals surface area contributed by atoms with Crippen LogP contribution in [0.3, 0.4) is 0 Å². The van der Waals surface area contributed by atoms with Crippen molar-refractivity contribution in [1.29, 1.82) is 0 Å². The topological polar surface area (TPSA) is 119 Å². The van der Waals surface area contributed by atoms with Crippen LogP contribution in [0.15, 0.2) is 12.2 Å². The Morgan fingerprint density at radius 2 is 1.56 bits per heavy atom. The van der Waals surface area contributed by atoms with E-state index in [1.165, 1.54) is 13.8 Å². The molecule has 1 unspecified atom stereocenters. The molecule has 16 heteroatoms. The Morgan fingerprint density at radius 1 is 1.06 bits per heavy atom. The molecule has 32 heavy (non-hydrogen) atoms. The van der Waals surface area contributed by atoms with Crippen molar-refractivity contribution in [3.63, 3.8) is 0 Å². The van der Waals surface area contributed by atoms with Crippen molar-refractivity contribution in [3.05, 3.63) is 12.2 Å². The molecule has 188 valence electrons. The number of hydrogen-bond acceptors (Lipinski definition) is 6. The third-order valence-corrected chi connectivity index (χ3v) is 4.56. The molecular weight excluding hydrogens is 483 g/mol. The van der Waals surface area contributed by atoms with E-state index in [4.69, 9.17) is 4.55 Å². The van der Waals surface area contributed by atoms with Gasteiger partial charge in [0.1, 0.15) is 0 Å². The number of hydrogen-bond donors (Lipinski definition) is 2. The summed E-state index contributed by atoms with van der Waals surface area (Å²) in [4.78, 5) is 23.8. The second-order valence-electron chi connectivity index (χ2n) is 6.91. The van der Waals surface area contributed by atoms with Gasteiger partial charge in [0.2, 0.25) is 0 Å². The minimum absolute atomic E-state index is 0.536. The van der Waals surface area contributed by atoms with Crippen LogP contribution in [0.25, 0.3) is 0 Å². The Hall–Kier alpha value is -1.94. The average molecular weight is 505 g/mol. The summed E-state index contributed by atoms with van der Waals surface area (Å²) in [6, 6.07) is -0.877. The largest absolute Gasteiger partial charge is 0.466 e. The SMILES string of the molecule is C=C(C)C(=O)OC(OCCCCC(F)(F)C(F)(F)S(=O)(=O)O)(C(=O)NC(C)C)C(F)(F)F. The van der Waals surface area contributed by atoms with E-state index >= 15 is 0 Å². The number of unbranched alkanes of at least 4 members (excludes halogenated alkanes) is 1. The van der Waals surface area contributed by atoms with Crippen LogP contribution in [0.4, 0.5) is 30.7 Å². The van der Waals surface area contributed by atoms with E-state index < -0.39 is 82.6 Å². The number of amides is 1. The number of carbonyl (C=O) groups is 2. The van der Waals surface area contributed by atoms with Gasteiger partial charge in [0.25, 0.3) is 0 Å². The first-order chi connectivity index (χ1) is 14.1. The molecule has 0 aromatic rings. The minimum atomic E-state index is -6.47. The van der Waals surface area contributed by atoms with Gasteiger partial charge in [0, 0.05) is 18.0 Å². The van der Waals surface area contributed by atoms with E-state index in [-0.39, 0.29) is 0 Å². The standard InChI is InChI=1S/C16H22F7NO7S/c1-9(2)11(25)31-14(15(19,20)21,12(26)24-10(3)4)30-8-6-5-7-13(17,18)16(22,23)32(27,28)29/h10H,1,5-8H2,2-4H3,(H,24,26)(H,27,28,29). The molecule has 0 bridgehead atoms. The van der Waals surface area contributed by atoms with E-state index in [0.717, 1.165) is 6.92 Å². The molecule has 0 rings (SSSR count). The maximum Gasteiger partial charge on any atom is 0.466 e. The molecule has 8 nitrogen and oxygen atoms in total. The Bertz CT molecular complexity index is 812. The monoisotopic (exact) mass is 505 g/mol. The molecule has 1 amide bonds. The lowest BCUT2D eigenvalue weighted by molar-refractivity contribution is -0.347. The van der Waals surface area contributed by atoms with Crippen LogP contribution in [-0.4, -0.2) is 60.6 Å². The van der Waals surface area contributed by atoms with Gasteiger partial charge in [-0.25, -0.2) is 4.79 Å². The third-order valence-electron chi connectivity index (χ3n) is 3.62. The van der Waals surface area contributed by atoms with Gasteiger partial charge in [0.05, 0.1) is 6.61 Å². The number of carbonyl (C=O) groups excluding carboxylic acids is 2. The third kappa shape index (κ3) is 7.03. The van der Waals surface area contributed by atoms with Crippen molar-refractivity contribution >= 4 is 22.0 Å². The Balaban J connectivity index is 5.54. The van der Waals surface area contributed by atoms with Gasteiger partial charge in [-0.05, 0) is 33.6 Å². The normalized spacial score (nSPS) is 15.2. The Labute approximate surface area is 178 Å². The molecule has 0 saturated carbocycles. The molecule has 0 aliphatic heterocycles. The van der Waals surface area contributed by atoms with Gasteiger partial charge >= 0.3 is 45.1 Å². The number of ether oxygens (including phenoxy) is 2. The Kier molecular flexibility index (Phi) is 9.71. The van der Waals surface area contributed by atoms with Crippen LogP contribution >= 0.6 is 0 Å². The zero-order valence-electron chi connectivity index (χ0n) is 17.1. The van der Waals surface area contributed by atoms with E-state index in [1.807, 2.05) is 5.32 Å². The number of alkyl halides is 7. The molecule has 0 heterocycles. The maximum atomic E-state index is 13.7. The van der Waals surface area contributed by atoms with Gasteiger partial charge < -0.3 is 14.8 Å². The van der Waals surface area contributed by atoms with Crippen molar-refractivity contribution < 1.29 is 62.8 Å². The van der Waals surface area contributed by atoms with E-state index in [1.54, 1.807) is 0 Å². The maximum absolute atomic E-state index is 13.7. The van der Waals surface area contributed by atoms with Gasteiger partial charge in [-0.15, -0.1) is 0 Å². The summed E-state index contributed by atoms with van der Waals surface area (Å²) in [5, 5.41) is -4.01. The van der Waals surface area contributed by atoms with Crippen LogP contribution in [0.1, 0.15) is 40.0 Å². The van der Waals surface area contributed by atoms with Crippen LogP contribution in [0.5, 0.6) is 0 Å². The summed E-state index contributed by atoms with van der Waals surface area (Å²) in [6.07, 6.45) is -9.37. The first-order valence-electron chi connectivity index (χ1n) is 8.75. The number of esters is 1. The predicted octanol–water partition coefficient (Wildman–Crippen LogP) is 3.19. The fourth-order valence-corrected chi connectivity index (χ4v) is 2.46. The fraction of sp³-hybridized carbons (Fsp3) is 0.750. The molecule has 0 radical (unpaired) electrons. The lowest BCUT2D eigenvalue weighted by Gasteiger charge is -2.33. The van der Waals surface area contributed by atoms with Crippen molar-refractivity contribution in [2.75, 3.05) is 6.61 Å². The second-order valence-corrected chi connectivity index (χ2v) is 8.38. The molecule has 1 atom stereocenters. The van der Waals surface area contributed by atoms with Crippen molar-refractivity contribution in [1.82, 2.24) is 5.32 Å². The highest BCUT2D eigenvalue weighted by molar-refractivity contribution is 7.87. The smallest absolute Gasteiger partial charge is 0.412 e. The lowest BCUT2D eigenvalue weighted by Crippen LogP contribution is -2.62. The summed E-state index contributed by atoms with van der Waals surface area (Å²) < 4.78 is 132. The molecular formula is C16H22F7NO7S. The van der Waals surface area contributed by atoms with E-state index in [9.17, 15) is 48.7 Å². The van der Waals surface area contributed by atoms with Gasteiger partial charge in [-0.3, -0.25) is 9.35 Å². The van der Waals surface area contributed by atoms with Crippen LogP contribution in [-0.2, 0) is 29.2 Å². The number of rotatable bonds is 12. The summed E-state index contributed by atoms with van der Waals surface area (Å²) in [5.41, 5.74) is -0.536. The summed E-state index contributed by atoms with van der Waals surface area (Å²) in [5.74, 6) is -13.1. The first kappa shape index (κ1) is 30.1. The Morgan fingerprint density at radius 3 is 1.94 bits per heavy atom. The fourth-order valence-electron chi connectivity index (χ4n) is 1.98. The van der Waals surface area contributed by atoms with Gasteiger partial charge in [0.15, 0.2) is 0 Å². The summed E-state index contributed by atoms with van der Waals surface area (Å²) >= 11 is 0. The zero-order valence-corrected chi connectivity index (χ0v) is 17.9. The molecule has 0 aromatic carbocycles. The number of halogens is 7. The molecule has 2 N–H and O–H groups in total. The highest BCUT2D eigenvalue weighted by atomic mass is 32.2. The first-order valence-corrected chi connectivity index (χ1v) is 10.2. The molecule has 0 aromatic heterocycles. The van der Waals surface area contributed by atoms with Crippen LogP contribution < -0.4 is 5.32 Å². The van der Waals surface area contributed by atoms with Crippen LogP contribution in [0, 0.1) is 0 Å². The zero-order chi connectivity index (χ0) is 25.8. The lowest BCUT2D eigenvalue weighted by atomic mass is 10.1. The van der Waals surface area contributed by atoms with Crippen LogP contribution in [0.2, 0.25) is 0 Å². The van der Waals surface area contributed by atoms with E-state index in [0.29, 0.717) is 0 Å². The highest BCUT2D eigenvalue weighted by Gasteiger charge is 2.67. The average Bonchev–Trinajstić information content (AvgIpc) is 2.56. The minimum Gasteiger partial charge on any atom is -0.412 e. The van der Waals surface area contributed by atoms with Crippen molar-refractivity contribution in [2.45, 2.75) is 69.2 Å². The second kappa shape index (κ2) is 10.3. The van der Waals surface area contributed by atoms with Gasteiger partial charge in [-0.2, -0.15) is 39.2 Å². The quantitative estimate of drug-likeness (QED) is 0.104. The van der Waals surface area contributed by atoms with E-state index in [2.05, 4.69) is 16.1 Å². The van der Waals surface area contributed by atoms with Crippen molar-refractivity contribution in [2.24, 2.45) is 0 Å². The molecule has 0 spiro atoms. The molecule has 0 saturated heterocycles. The highest BCUT2D eigenvalue weighted by Crippen LogP contribution is 2.42.